The number of fused-ring (bicyclic) bond motifs is 1. The van der Waals surface area contributed by atoms with Crippen LogP contribution in [0.15, 0.2) is 61.2 Å². The summed E-state index contributed by atoms with van der Waals surface area (Å²) in [6.45, 7) is 7.82. The number of anilines is 1. The molecule has 1 aliphatic heterocycles. The maximum Gasteiger partial charge on any atom is 0.230 e. The maximum absolute atomic E-state index is 12.3. The molecule has 1 aliphatic rings. The minimum Gasteiger partial charge on any atom is -0.367 e. The van der Waals surface area contributed by atoms with Crippen LogP contribution in [-0.4, -0.2) is 27.3 Å². The molecule has 1 amide bonds. The van der Waals surface area contributed by atoms with E-state index in [2.05, 4.69) is 35.9 Å². The lowest BCUT2D eigenvalue weighted by atomic mass is 9.98. The summed E-state index contributed by atoms with van der Waals surface area (Å²) in [7, 11) is 0. The van der Waals surface area contributed by atoms with Crippen molar-refractivity contribution in [1.29, 1.82) is 0 Å². The minimum atomic E-state index is -0.0631. The third-order valence-corrected chi connectivity index (χ3v) is 6.02. The zero-order chi connectivity index (χ0) is 22.5. The average molecular weight is 447 g/mol. The normalized spacial score (nSPS) is 12.9. The fourth-order valence-electron chi connectivity index (χ4n) is 3.91. The highest BCUT2D eigenvalue weighted by Crippen LogP contribution is 2.35. The van der Waals surface area contributed by atoms with Gasteiger partial charge in [0.05, 0.1) is 11.4 Å². The molecule has 32 heavy (non-hydrogen) atoms. The number of halogens is 1. The lowest BCUT2D eigenvalue weighted by Crippen LogP contribution is -2.31. The van der Waals surface area contributed by atoms with Crippen molar-refractivity contribution < 1.29 is 4.79 Å². The number of aromatic nitrogens is 2. The highest BCUT2D eigenvalue weighted by atomic mass is 35.5. The van der Waals surface area contributed by atoms with Crippen LogP contribution in [0.1, 0.15) is 43.0 Å². The third-order valence-electron chi connectivity index (χ3n) is 5.69. The number of carbonyl (C=O) groups is 1. The average Bonchev–Trinajstić information content (AvgIpc) is 2.82. The molecule has 2 aromatic carbocycles. The largest absolute Gasteiger partial charge is 0.367 e. The number of benzene rings is 2. The quantitative estimate of drug-likeness (QED) is 0.486. The zero-order valence-electron chi connectivity index (χ0n) is 18.3. The molecule has 3 aromatic rings. The van der Waals surface area contributed by atoms with E-state index in [0.29, 0.717) is 23.9 Å². The van der Waals surface area contributed by atoms with Crippen LogP contribution in [-0.2, 0) is 17.8 Å². The molecule has 0 atom stereocenters. The molecule has 0 spiro atoms. The highest BCUT2D eigenvalue weighted by Gasteiger charge is 2.25. The maximum atomic E-state index is 12.3. The number of hydrogen-bond donors (Lipinski definition) is 1. The van der Waals surface area contributed by atoms with Gasteiger partial charge < -0.3 is 4.90 Å². The molecule has 0 radical (unpaired) electrons. The second kappa shape index (κ2) is 9.96. The Labute approximate surface area is 194 Å². The molecule has 0 fully saturated rings. The van der Waals surface area contributed by atoms with Gasteiger partial charge in [-0.15, -0.1) is 0 Å². The van der Waals surface area contributed by atoms with Crippen molar-refractivity contribution in [3.05, 3.63) is 83.0 Å². The molecule has 2 heterocycles. The van der Waals surface area contributed by atoms with Crippen LogP contribution < -0.4 is 5.32 Å². The molecule has 164 valence electrons. The number of hydrogen-bond acceptors (Lipinski definition) is 4. The summed E-state index contributed by atoms with van der Waals surface area (Å²) >= 11 is 6.54. The van der Waals surface area contributed by atoms with Crippen molar-refractivity contribution in [2.45, 2.75) is 39.2 Å². The van der Waals surface area contributed by atoms with Gasteiger partial charge in [-0.2, -0.15) is 0 Å². The van der Waals surface area contributed by atoms with E-state index in [1.807, 2.05) is 42.5 Å². The monoisotopic (exact) mass is 446 g/mol. The molecule has 5 nitrogen and oxygen atoms in total. The molecule has 4 rings (SSSR count). The van der Waals surface area contributed by atoms with Gasteiger partial charge in [-0.1, -0.05) is 80.1 Å². The van der Waals surface area contributed by atoms with E-state index in [1.54, 1.807) is 0 Å². The molecule has 0 bridgehead atoms. The lowest BCUT2D eigenvalue weighted by Gasteiger charge is -2.33. The van der Waals surface area contributed by atoms with E-state index >= 15 is 0 Å². The summed E-state index contributed by atoms with van der Waals surface area (Å²) in [6, 6.07) is 17.8. The molecule has 0 saturated carbocycles. The summed E-state index contributed by atoms with van der Waals surface area (Å²) in [5.74, 6) is 0.280. The van der Waals surface area contributed by atoms with E-state index in [-0.39, 0.29) is 5.91 Å². The van der Waals surface area contributed by atoms with Crippen molar-refractivity contribution in [1.82, 2.24) is 14.9 Å². The summed E-state index contributed by atoms with van der Waals surface area (Å²) in [6.07, 6.45) is 3.00. The van der Waals surface area contributed by atoms with Crippen molar-refractivity contribution in [3.63, 3.8) is 0 Å². The van der Waals surface area contributed by atoms with Gasteiger partial charge in [0.2, 0.25) is 11.9 Å². The van der Waals surface area contributed by atoms with Crippen molar-refractivity contribution in [2.75, 3.05) is 11.9 Å². The molecule has 0 aliphatic carbocycles. The first-order chi connectivity index (χ1) is 15.6. The molecule has 1 N–H and O–H groups in total. The first-order valence-electron chi connectivity index (χ1n) is 11.0. The van der Waals surface area contributed by atoms with Gasteiger partial charge in [0.15, 0.2) is 0 Å². The standard InChI is InChI=1S/C26H27ClN4O/c1-3-4-14-24(32)29-26-28-23-15-16-31(18(2)19-10-6-5-7-11-19)17-21(23)25(30-26)20-12-8-9-13-22(20)27/h5-13H,2-4,14-17H2,1H3,(H,28,29,30,32). The van der Waals surface area contributed by atoms with Gasteiger partial charge in [0.1, 0.15) is 0 Å². The third kappa shape index (κ3) is 4.83. The van der Waals surface area contributed by atoms with Crippen LogP contribution >= 0.6 is 11.6 Å². The number of carbonyl (C=O) groups excluding carboxylic acids is 1. The van der Waals surface area contributed by atoms with Crippen LogP contribution in [0.4, 0.5) is 5.95 Å². The summed E-state index contributed by atoms with van der Waals surface area (Å²) in [5.41, 5.74) is 5.63. The van der Waals surface area contributed by atoms with E-state index in [1.165, 1.54) is 0 Å². The van der Waals surface area contributed by atoms with Crippen LogP contribution in [0.5, 0.6) is 0 Å². The smallest absolute Gasteiger partial charge is 0.230 e. The van der Waals surface area contributed by atoms with Gasteiger partial charge in [-0.25, -0.2) is 9.97 Å². The Morgan fingerprint density at radius 1 is 1.12 bits per heavy atom. The molecule has 1 aromatic heterocycles. The summed E-state index contributed by atoms with van der Waals surface area (Å²) in [5, 5.41) is 3.50. The molecule has 6 heteroatoms. The minimum absolute atomic E-state index is 0.0631. The second-order valence-electron chi connectivity index (χ2n) is 7.94. The lowest BCUT2D eigenvalue weighted by molar-refractivity contribution is -0.116. The Bertz CT molecular complexity index is 1130. The van der Waals surface area contributed by atoms with Gasteiger partial charge in [-0.05, 0) is 18.1 Å². The van der Waals surface area contributed by atoms with Crippen LogP contribution in [0.25, 0.3) is 17.0 Å². The van der Waals surface area contributed by atoms with Crippen molar-refractivity contribution in [2.24, 2.45) is 0 Å². The molecular formula is C26H27ClN4O. The topological polar surface area (TPSA) is 58.1 Å². The fraction of sp³-hybridized carbons (Fsp3) is 0.269. The van der Waals surface area contributed by atoms with Gasteiger partial charge in [0.25, 0.3) is 0 Å². The Kier molecular flexibility index (Phi) is 6.86. The Morgan fingerprint density at radius 2 is 1.88 bits per heavy atom. The Balaban J connectivity index is 1.70. The van der Waals surface area contributed by atoms with Crippen LogP contribution in [0, 0.1) is 0 Å². The van der Waals surface area contributed by atoms with Gasteiger partial charge >= 0.3 is 0 Å². The first-order valence-corrected chi connectivity index (χ1v) is 11.4. The fourth-order valence-corrected chi connectivity index (χ4v) is 4.14. The van der Waals surface area contributed by atoms with Crippen LogP contribution in [0.2, 0.25) is 5.02 Å². The van der Waals surface area contributed by atoms with E-state index in [0.717, 1.165) is 59.6 Å². The van der Waals surface area contributed by atoms with E-state index < -0.39 is 0 Å². The van der Waals surface area contributed by atoms with Crippen molar-refractivity contribution >= 4 is 29.2 Å². The number of nitrogens with zero attached hydrogens (tertiary/aromatic N) is 3. The van der Waals surface area contributed by atoms with Crippen LogP contribution in [0.3, 0.4) is 0 Å². The van der Waals surface area contributed by atoms with E-state index in [9.17, 15) is 4.79 Å². The predicted octanol–water partition coefficient (Wildman–Crippen LogP) is 5.95. The predicted molar refractivity (Wildman–Crippen MR) is 130 cm³/mol. The molecular weight excluding hydrogens is 420 g/mol. The number of nitrogens with one attached hydrogen (secondary N) is 1. The van der Waals surface area contributed by atoms with Gasteiger partial charge in [-0.3, -0.25) is 10.1 Å². The molecule has 0 saturated heterocycles. The molecule has 0 unspecified atom stereocenters. The van der Waals surface area contributed by atoms with E-state index in [4.69, 9.17) is 21.6 Å². The first kappa shape index (κ1) is 22.0. The van der Waals surface area contributed by atoms with Gasteiger partial charge in [0, 0.05) is 47.8 Å². The number of unbranched alkanes of at least 4 members (excludes halogenated alkanes) is 1. The zero-order valence-corrected chi connectivity index (χ0v) is 19.0. The second-order valence-corrected chi connectivity index (χ2v) is 8.34. The highest BCUT2D eigenvalue weighted by molar-refractivity contribution is 6.33. The SMILES string of the molecule is C=C(c1ccccc1)N1CCc2nc(NC(=O)CCCC)nc(-c3ccccc3Cl)c2C1. The summed E-state index contributed by atoms with van der Waals surface area (Å²) in [4.78, 5) is 24.0. The summed E-state index contributed by atoms with van der Waals surface area (Å²) < 4.78 is 0. The van der Waals surface area contributed by atoms with Crippen molar-refractivity contribution in [3.8, 4) is 11.3 Å². The number of amides is 1. The Morgan fingerprint density at radius 3 is 2.62 bits per heavy atom. The number of rotatable bonds is 7. The Hall–Kier alpha value is -3.18.